The molecule has 5 nitrogen and oxygen atoms in total. The number of pyridine rings is 1. The summed E-state index contributed by atoms with van der Waals surface area (Å²) in [5.41, 5.74) is 6.50. The van der Waals surface area contributed by atoms with Gasteiger partial charge in [-0.1, -0.05) is 11.6 Å². The first-order chi connectivity index (χ1) is 9.29. The molecule has 1 aliphatic rings. The highest BCUT2D eigenvalue weighted by Crippen LogP contribution is 2.38. The topological polar surface area (TPSA) is 77.8 Å². The van der Waals surface area contributed by atoms with E-state index in [1.807, 2.05) is 12.1 Å². The van der Waals surface area contributed by atoms with E-state index in [0.29, 0.717) is 35.8 Å². The van der Waals surface area contributed by atoms with Gasteiger partial charge in [0.05, 0.1) is 0 Å². The first kappa shape index (κ1) is 12.7. The van der Waals surface area contributed by atoms with E-state index in [1.165, 1.54) is 6.42 Å². The highest BCUT2D eigenvalue weighted by atomic mass is 79.9. The summed E-state index contributed by atoms with van der Waals surface area (Å²) in [6, 6.07) is 3.77. The van der Waals surface area contributed by atoms with Crippen LogP contribution in [0.25, 0.3) is 11.5 Å². The minimum atomic E-state index is 0.300. The van der Waals surface area contributed by atoms with Crippen LogP contribution in [0.1, 0.15) is 31.1 Å². The van der Waals surface area contributed by atoms with Gasteiger partial charge in [-0.3, -0.25) is 4.98 Å². The number of aromatic nitrogens is 3. The molecule has 0 saturated heterocycles. The van der Waals surface area contributed by atoms with Gasteiger partial charge in [-0.15, -0.1) is 0 Å². The summed E-state index contributed by atoms with van der Waals surface area (Å²) in [6.07, 6.45) is 5.12. The van der Waals surface area contributed by atoms with Crippen LogP contribution in [0, 0.1) is 5.92 Å². The smallest absolute Gasteiger partial charge is 0.230 e. The van der Waals surface area contributed by atoms with Crippen molar-refractivity contribution < 1.29 is 4.52 Å². The molecule has 0 radical (unpaired) electrons. The standard InChI is InChI=1S/C13H15BrN4O/c14-10-5-2-6-16-11(10)12-17-13(19-18-12)9-4-1-3-8(9)7-15/h2,5-6,8-9H,1,3-4,7,15H2. The van der Waals surface area contributed by atoms with Crippen LogP contribution < -0.4 is 5.73 Å². The van der Waals surface area contributed by atoms with E-state index >= 15 is 0 Å². The van der Waals surface area contributed by atoms with Gasteiger partial charge < -0.3 is 10.3 Å². The molecule has 2 N–H and O–H groups in total. The number of halogens is 1. The molecule has 3 rings (SSSR count). The maximum Gasteiger partial charge on any atom is 0.230 e. The van der Waals surface area contributed by atoms with E-state index in [1.54, 1.807) is 6.20 Å². The Balaban J connectivity index is 1.90. The lowest BCUT2D eigenvalue weighted by Gasteiger charge is -2.12. The van der Waals surface area contributed by atoms with Crippen LogP contribution in [-0.2, 0) is 0 Å². The Morgan fingerprint density at radius 1 is 1.42 bits per heavy atom. The predicted octanol–water partition coefficient (Wildman–Crippen LogP) is 2.74. The average molecular weight is 323 g/mol. The van der Waals surface area contributed by atoms with Crippen LogP contribution in [0.5, 0.6) is 0 Å². The van der Waals surface area contributed by atoms with Crippen molar-refractivity contribution >= 4 is 15.9 Å². The van der Waals surface area contributed by atoms with Gasteiger partial charge in [-0.25, -0.2) is 0 Å². The zero-order valence-corrected chi connectivity index (χ0v) is 12.0. The summed E-state index contributed by atoms with van der Waals surface area (Å²) in [5, 5.41) is 4.04. The lowest BCUT2D eigenvalue weighted by Crippen LogP contribution is -2.17. The first-order valence-electron chi connectivity index (χ1n) is 6.44. The zero-order valence-electron chi connectivity index (χ0n) is 10.4. The number of nitrogens with zero attached hydrogens (tertiary/aromatic N) is 3. The van der Waals surface area contributed by atoms with Gasteiger partial charge in [0, 0.05) is 16.6 Å². The molecule has 2 aromatic heterocycles. The van der Waals surface area contributed by atoms with Gasteiger partial charge in [0.1, 0.15) is 5.69 Å². The van der Waals surface area contributed by atoms with Gasteiger partial charge >= 0.3 is 0 Å². The third-order valence-electron chi connectivity index (χ3n) is 3.69. The summed E-state index contributed by atoms with van der Waals surface area (Å²) < 4.78 is 6.28. The number of rotatable bonds is 3. The van der Waals surface area contributed by atoms with Crippen molar-refractivity contribution in [2.75, 3.05) is 6.54 Å². The Bertz CT molecular complexity index is 571. The Morgan fingerprint density at radius 3 is 3.11 bits per heavy atom. The third-order valence-corrected chi connectivity index (χ3v) is 4.33. The first-order valence-corrected chi connectivity index (χ1v) is 7.23. The molecule has 2 atom stereocenters. The minimum Gasteiger partial charge on any atom is -0.339 e. The SMILES string of the molecule is NCC1CCCC1c1nc(-c2ncccc2Br)no1. The van der Waals surface area contributed by atoms with Crippen molar-refractivity contribution in [2.45, 2.75) is 25.2 Å². The fraction of sp³-hybridized carbons (Fsp3) is 0.462. The van der Waals surface area contributed by atoms with Crippen LogP contribution in [0.3, 0.4) is 0 Å². The Kier molecular flexibility index (Phi) is 3.61. The maximum atomic E-state index is 5.79. The molecule has 100 valence electrons. The highest BCUT2D eigenvalue weighted by Gasteiger charge is 2.32. The monoisotopic (exact) mass is 322 g/mol. The van der Waals surface area contributed by atoms with Crippen LogP contribution >= 0.6 is 15.9 Å². The second-order valence-electron chi connectivity index (χ2n) is 4.82. The van der Waals surface area contributed by atoms with Crippen LogP contribution in [0.4, 0.5) is 0 Å². The Morgan fingerprint density at radius 2 is 2.32 bits per heavy atom. The summed E-state index contributed by atoms with van der Waals surface area (Å²) in [4.78, 5) is 8.77. The average Bonchev–Trinajstić information content (AvgIpc) is 3.07. The van der Waals surface area contributed by atoms with Crippen molar-refractivity contribution in [1.29, 1.82) is 0 Å². The summed E-state index contributed by atoms with van der Waals surface area (Å²) >= 11 is 3.45. The van der Waals surface area contributed by atoms with Gasteiger partial charge in [-0.05, 0) is 53.4 Å². The molecule has 19 heavy (non-hydrogen) atoms. The molecule has 6 heteroatoms. The van der Waals surface area contributed by atoms with Crippen molar-refractivity contribution in [3.8, 4) is 11.5 Å². The zero-order chi connectivity index (χ0) is 13.2. The molecular formula is C13H15BrN4O. The maximum absolute atomic E-state index is 5.79. The molecule has 1 fully saturated rings. The van der Waals surface area contributed by atoms with Gasteiger partial charge in [0.25, 0.3) is 0 Å². The van der Waals surface area contributed by atoms with Crippen molar-refractivity contribution in [3.05, 3.63) is 28.7 Å². The minimum absolute atomic E-state index is 0.300. The molecule has 0 bridgehead atoms. The van der Waals surface area contributed by atoms with Crippen LogP contribution in [-0.4, -0.2) is 21.7 Å². The number of hydrogen-bond acceptors (Lipinski definition) is 5. The summed E-state index contributed by atoms with van der Waals surface area (Å²) in [7, 11) is 0. The molecule has 1 saturated carbocycles. The third kappa shape index (κ3) is 2.42. The normalized spacial score (nSPS) is 22.8. The van der Waals surface area contributed by atoms with E-state index in [0.717, 1.165) is 17.3 Å². The molecule has 2 unspecified atom stereocenters. The second-order valence-corrected chi connectivity index (χ2v) is 5.68. The predicted molar refractivity (Wildman–Crippen MR) is 74.4 cm³/mol. The quantitative estimate of drug-likeness (QED) is 0.940. The molecule has 0 spiro atoms. The van der Waals surface area contributed by atoms with Gasteiger partial charge in [0.2, 0.25) is 11.7 Å². The van der Waals surface area contributed by atoms with Crippen molar-refractivity contribution in [1.82, 2.24) is 15.1 Å². The largest absolute Gasteiger partial charge is 0.339 e. The van der Waals surface area contributed by atoms with E-state index in [4.69, 9.17) is 10.3 Å². The Hall–Kier alpha value is -1.27. The van der Waals surface area contributed by atoms with Gasteiger partial charge in [0.15, 0.2) is 0 Å². The Labute approximate surface area is 119 Å². The molecule has 0 amide bonds. The fourth-order valence-electron chi connectivity index (χ4n) is 2.68. The highest BCUT2D eigenvalue weighted by molar-refractivity contribution is 9.10. The molecule has 2 aromatic rings. The number of hydrogen-bond donors (Lipinski definition) is 1. The lowest BCUT2D eigenvalue weighted by molar-refractivity contribution is 0.326. The van der Waals surface area contributed by atoms with Crippen molar-refractivity contribution in [3.63, 3.8) is 0 Å². The summed E-state index contributed by atoms with van der Waals surface area (Å²) in [5.74, 6) is 1.99. The van der Waals surface area contributed by atoms with Crippen LogP contribution in [0.15, 0.2) is 27.3 Å². The number of nitrogens with two attached hydrogens (primary N) is 1. The fourth-order valence-corrected chi connectivity index (χ4v) is 3.11. The van der Waals surface area contributed by atoms with E-state index in [-0.39, 0.29) is 0 Å². The molecule has 1 aliphatic carbocycles. The second kappa shape index (κ2) is 5.38. The van der Waals surface area contributed by atoms with E-state index in [9.17, 15) is 0 Å². The lowest BCUT2D eigenvalue weighted by atomic mass is 9.96. The molecule has 0 aromatic carbocycles. The van der Waals surface area contributed by atoms with E-state index in [2.05, 4.69) is 31.1 Å². The summed E-state index contributed by atoms with van der Waals surface area (Å²) in [6.45, 7) is 0.676. The van der Waals surface area contributed by atoms with Crippen molar-refractivity contribution in [2.24, 2.45) is 11.7 Å². The van der Waals surface area contributed by atoms with Crippen LogP contribution in [0.2, 0.25) is 0 Å². The molecule has 0 aliphatic heterocycles. The molecule has 2 heterocycles. The van der Waals surface area contributed by atoms with Gasteiger partial charge in [-0.2, -0.15) is 4.98 Å². The molecular weight excluding hydrogens is 308 g/mol. The van der Waals surface area contributed by atoms with E-state index < -0.39 is 0 Å².